The van der Waals surface area contributed by atoms with Crippen LogP contribution in [0, 0.1) is 0 Å². The summed E-state index contributed by atoms with van der Waals surface area (Å²) in [6.45, 7) is 0. The average molecular weight is 256 g/mol. The van der Waals surface area contributed by atoms with Crippen molar-refractivity contribution in [1.82, 2.24) is 9.78 Å². The average Bonchev–Trinajstić information content (AvgIpc) is 2.80. The van der Waals surface area contributed by atoms with Gasteiger partial charge >= 0.3 is 12.1 Å². The molecule has 0 aliphatic carbocycles. The minimum absolute atomic E-state index is 0.150. The predicted molar refractivity (Wildman–Crippen MR) is 55.5 cm³/mol. The Hall–Kier alpha value is -2.31. The first-order valence-corrected chi connectivity index (χ1v) is 4.84. The molecule has 0 saturated heterocycles. The molecule has 0 bridgehead atoms. The van der Waals surface area contributed by atoms with Gasteiger partial charge in [0.25, 0.3) is 0 Å². The lowest BCUT2D eigenvalue weighted by Crippen LogP contribution is -2.13. The molecule has 0 radical (unpaired) electrons. The van der Waals surface area contributed by atoms with Gasteiger partial charge in [-0.2, -0.15) is 18.3 Å². The van der Waals surface area contributed by atoms with Crippen molar-refractivity contribution in [2.24, 2.45) is 0 Å². The maximum atomic E-state index is 12.7. The summed E-state index contributed by atoms with van der Waals surface area (Å²) in [6.07, 6.45) is -1.84. The molecule has 4 nitrogen and oxygen atoms in total. The number of carboxylic acids is 1. The molecule has 0 unspecified atom stereocenters. The van der Waals surface area contributed by atoms with E-state index in [-0.39, 0.29) is 5.69 Å². The van der Waals surface area contributed by atoms with Gasteiger partial charge in [0.2, 0.25) is 0 Å². The number of alkyl halides is 3. The second-order valence-electron chi connectivity index (χ2n) is 3.48. The van der Waals surface area contributed by atoms with Gasteiger partial charge in [-0.3, -0.25) is 0 Å². The third-order valence-corrected chi connectivity index (χ3v) is 2.31. The summed E-state index contributed by atoms with van der Waals surface area (Å²) in [5.74, 6) is -1.62. The summed E-state index contributed by atoms with van der Waals surface area (Å²) in [5, 5.41) is 12.5. The molecular weight excluding hydrogens is 249 g/mol. The number of hydrogen-bond acceptors (Lipinski definition) is 2. The fourth-order valence-corrected chi connectivity index (χ4v) is 1.52. The molecule has 0 fully saturated rings. The lowest BCUT2D eigenvalue weighted by Gasteiger charge is -2.12. The van der Waals surface area contributed by atoms with Gasteiger partial charge in [-0.1, -0.05) is 0 Å². The highest BCUT2D eigenvalue weighted by Crippen LogP contribution is 2.33. The van der Waals surface area contributed by atoms with Crippen molar-refractivity contribution in [2.75, 3.05) is 0 Å². The van der Waals surface area contributed by atoms with Gasteiger partial charge in [-0.05, 0) is 24.3 Å². The zero-order valence-corrected chi connectivity index (χ0v) is 8.85. The molecule has 0 aliphatic rings. The van der Waals surface area contributed by atoms with E-state index >= 15 is 0 Å². The fraction of sp³-hybridized carbons (Fsp3) is 0.0909. The molecule has 7 heteroatoms. The molecule has 18 heavy (non-hydrogen) atoms. The van der Waals surface area contributed by atoms with Crippen molar-refractivity contribution in [3.63, 3.8) is 0 Å². The third-order valence-electron chi connectivity index (χ3n) is 2.31. The summed E-state index contributed by atoms with van der Waals surface area (Å²) < 4.78 is 39.4. The van der Waals surface area contributed by atoms with Crippen LogP contribution in [-0.2, 0) is 6.18 Å². The molecular formula is C11H7F3N2O2. The number of carbonyl (C=O) groups is 1. The van der Waals surface area contributed by atoms with Gasteiger partial charge in [-0.25, -0.2) is 9.48 Å². The molecule has 1 N–H and O–H groups in total. The van der Waals surface area contributed by atoms with Gasteiger partial charge in [0, 0.05) is 12.4 Å². The topological polar surface area (TPSA) is 55.1 Å². The minimum Gasteiger partial charge on any atom is -0.478 e. The summed E-state index contributed by atoms with van der Waals surface area (Å²) in [6, 6.07) is 4.50. The number of aromatic nitrogens is 2. The number of rotatable bonds is 2. The predicted octanol–water partition coefficient (Wildman–Crippen LogP) is 2.59. The van der Waals surface area contributed by atoms with Crippen molar-refractivity contribution < 1.29 is 23.1 Å². The highest BCUT2D eigenvalue weighted by Gasteiger charge is 2.35. The molecule has 0 spiro atoms. The number of hydrogen-bond donors (Lipinski definition) is 1. The zero-order chi connectivity index (χ0) is 13.3. The first kappa shape index (κ1) is 12.2. The van der Waals surface area contributed by atoms with E-state index in [1.54, 1.807) is 6.07 Å². The van der Waals surface area contributed by atoms with Crippen LogP contribution >= 0.6 is 0 Å². The Kier molecular flexibility index (Phi) is 2.82. The lowest BCUT2D eigenvalue weighted by molar-refractivity contribution is -0.138. The van der Waals surface area contributed by atoms with E-state index < -0.39 is 23.3 Å². The minimum atomic E-state index is -4.73. The van der Waals surface area contributed by atoms with E-state index in [2.05, 4.69) is 5.10 Å². The summed E-state index contributed by atoms with van der Waals surface area (Å²) in [7, 11) is 0. The Morgan fingerprint density at radius 1 is 1.33 bits per heavy atom. The van der Waals surface area contributed by atoms with Gasteiger partial charge in [0.1, 0.15) is 0 Å². The summed E-state index contributed by atoms with van der Waals surface area (Å²) >= 11 is 0. The van der Waals surface area contributed by atoms with Crippen LogP contribution in [0.1, 0.15) is 15.9 Å². The van der Waals surface area contributed by atoms with Crippen molar-refractivity contribution >= 4 is 5.97 Å². The number of benzene rings is 1. The Bertz CT molecular complexity index is 576. The molecule has 2 aromatic rings. The van der Waals surface area contributed by atoms with Crippen LogP contribution in [0.15, 0.2) is 36.7 Å². The van der Waals surface area contributed by atoms with Crippen LogP contribution in [0.2, 0.25) is 0 Å². The first-order chi connectivity index (χ1) is 8.39. The lowest BCUT2D eigenvalue weighted by atomic mass is 10.1. The second-order valence-corrected chi connectivity index (χ2v) is 3.48. The van der Waals surface area contributed by atoms with Crippen molar-refractivity contribution in [3.8, 4) is 5.69 Å². The van der Waals surface area contributed by atoms with Crippen LogP contribution in [0.25, 0.3) is 5.69 Å². The molecule has 0 atom stereocenters. The molecule has 2 rings (SSSR count). The number of aromatic carboxylic acids is 1. The maximum Gasteiger partial charge on any atom is 0.417 e. The van der Waals surface area contributed by atoms with Crippen LogP contribution in [-0.4, -0.2) is 20.9 Å². The van der Waals surface area contributed by atoms with Gasteiger partial charge < -0.3 is 5.11 Å². The molecule has 94 valence electrons. The van der Waals surface area contributed by atoms with E-state index in [1.807, 2.05) is 0 Å². The largest absolute Gasteiger partial charge is 0.478 e. The first-order valence-electron chi connectivity index (χ1n) is 4.84. The van der Waals surface area contributed by atoms with Gasteiger partial charge in [0.05, 0.1) is 16.8 Å². The Morgan fingerprint density at radius 3 is 2.56 bits per heavy atom. The van der Waals surface area contributed by atoms with E-state index in [0.717, 1.165) is 12.1 Å². The normalized spacial score (nSPS) is 11.5. The molecule has 0 saturated carbocycles. The number of carboxylic acid groups (broad SMARTS) is 1. The second kappa shape index (κ2) is 4.17. The van der Waals surface area contributed by atoms with Gasteiger partial charge in [-0.15, -0.1) is 0 Å². The van der Waals surface area contributed by atoms with Crippen molar-refractivity contribution in [1.29, 1.82) is 0 Å². The molecule has 0 amide bonds. The highest BCUT2D eigenvalue weighted by molar-refractivity contribution is 5.90. The Labute approximate surface area is 99.3 Å². The fourth-order valence-electron chi connectivity index (χ4n) is 1.52. The van der Waals surface area contributed by atoms with E-state index in [0.29, 0.717) is 0 Å². The van der Waals surface area contributed by atoms with E-state index in [1.165, 1.54) is 23.1 Å². The van der Waals surface area contributed by atoms with Crippen molar-refractivity contribution in [3.05, 3.63) is 47.8 Å². The quantitative estimate of drug-likeness (QED) is 0.898. The summed E-state index contributed by atoms with van der Waals surface area (Å²) in [5.41, 5.74) is -1.82. The van der Waals surface area contributed by atoms with Crippen LogP contribution in [0.4, 0.5) is 13.2 Å². The standard InChI is InChI=1S/C11H7F3N2O2/c12-11(13,14)9-6-7(16-5-1-4-15-16)2-3-8(9)10(17)18/h1-6H,(H,17,18). The maximum absolute atomic E-state index is 12.7. The van der Waals surface area contributed by atoms with Crippen LogP contribution < -0.4 is 0 Å². The Morgan fingerprint density at radius 2 is 2.06 bits per heavy atom. The van der Waals surface area contributed by atoms with E-state index in [4.69, 9.17) is 5.11 Å². The molecule has 1 aromatic carbocycles. The van der Waals surface area contributed by atoms with Gasteiger partial charge in [0.15, 0.2) is 0 Å². The molecule has 1 heterocycles. The SMILES string of the molecule is O=C(O)c1ccc(-n2cccn2)cc1C(F)(F)F. The Balaban J connectivity index is 2.60. The zero-order valence-electron chi connectivity index (χ0n) is 8.85. The molecule has 1 aromatic heterocycles. The van der Waals surface area contributed by atoms with E-state index in [9.17, 15) is 18.0 Å². The molecule has 0 aliphatic heterocycles. The van der Waals surface area contributed by atoms with Crippen LogP contribution in [0.3, 0.4) is 0 Å². The highest BCUT2D eigenvalue weighted by atomic mass is 19.4. The van der Waals surface area contributed by atoms with Crippen LogP contribution in [0.5, 0.6) is 0 Å². The summed E-state index contributed by atoms with van der Waals surface area (Å²) in [4.78, 5) is 10.7. The monoisotopic (exact) mass is 256 g/mol. The number of nitrogens with zero attached hydrogens (tertiary/aromatic N) is 2. The van der Waals surface area contributed by atoms with Crippen molar-refractivity contribution in [2.45, 2.75) is 6.18 Å². The smallest absolute Gasteiger partial charge is 0.417 e. The number of halogens is 3. The third kappa shape index (κ3) is 2.20.